The highest BCUT2D eigenvalue weighted by atomic mass is 16.3. The van der Waals surface area contributed by atoms with Gasteiger partial charge in [-0.2, -0.15) is 0 Å². The van der Waals surface area contributed by atoms with Crippen molar-refractivity contribution < 1.29 is 9.90 Å². The number of aryl methyl sites for hydroxylation is 2. The van der Waals surface area contributed by atoms with Crippen LogP contribution in [-0.2, 0) is 6.42 Å². The maximum Gasteiger partial charge on any atom is 0.253 e. The zero-order chi connectivity index (χ0) is 17.8. The van der Waals surface area contributed by atoms with Crippen LogP contribution in [0.1, 0.15) is 27.2 Å². The molecule has 0 aliphatic heterocycles. The lowest BCUT2D eigenvalue weighted by Crippen LogP contribution is -2.33. The van der Waals surface area contributed by atoms with Gasteiger partial charge in [-0.25, -0.2) is 0 Å². The van der Waals surface area contributed by atoms with E-state index in [0.29, 0.717) is 17.7 Å². The minimum Gasteiger partial charge on any atom is -0.391 e. The predicted octanol–water partition coefficient (Wildman–Crippen LogP) is 3.19. The molecule has 0 fully saturated rings. The van der Waals surface area contributed by atoms with E-state index in [9.17, 15) is 9.90 Å². The quantitative estimate of drug-likeness (QED) is 0.753. The predicted molar refractivity (Wildman–Crippen MR) is 99.7 cm³/mol. The first-order valence-electron chi connectivity index (χ1n) is 8.41. The first-order chi connectivity index (χ1) is 12.0. The van der Waals surface area contributed by atoms with Crippen LogP contribution in [-0.4, -0.2) is 28.6 Å². The molecule has 128 valence electrons. The summed E-state index contributed by atoms with van der Waals surface area (Å²) >= 11 is 0. The Hall–Kier alpha value is -2.72. The van der Waals surface area contributed by atoms with Crippen molar-refractivity contribution in [2.75, 3.05) is 6.54 Å². The highest BCUT2D eigenvalue weighted by Crippen LogP contribution is 2.18. The second-order valence-electron chi connectivity index (χ2n) is 6.37. The number of nitrogens with zero attached hydrogens (tertiary/aromatic N) is 1. The van der Waals surface area contributed by atoms with Crippen molar-refractivity contribution in [1.82, 2.24) is 10.3 Å². The van der Waals surface area contributed by atoms with Gasteiger partial charge in [0, 0.05) is 18.4 Å². The summed E-state index contributed by atoms with van der Waals surface area (Å²) in [5, 5.41) is 13.9. The van der Waals surface area contributed by atoms with Crippen molar-refractivity contribution in [3.63, 3.8) is 0 Å². The molecule has 1 amide bonds. The van der Waals surface area contributed by atoms with Crippen molar-refractivity contribution in [2.45, 2.75) is 26.4 Å². The molecule has 4 nitrogen and oxygen atoms in total. The summed E-state index contributed by atoms with van der Waals surface area (Å²) in [6.45, 7) is 4.05. The molecule has 4 heteroatoms. The topological polar surface area (TPSA) is 62.2 Å². The van der Waals surface area contributed by atoms with E-state index in [1.54, 1.807) is 0 Å². The summed E-state index contributed by atoms with van der Waals surface area (Å²) in [5.74, 6) is -0.208. The summed E-state index contributed by atoms with van der Waals surface area (Å²) in [6, 6.07) is 17.6. The fraction of sp³-hybridized carbons (Fsp3) is 0.238. The Kier molecular flexibility index (Phi) is 5.10. The Balaban J connectivity index is 1.68. The number of hydrogen-bond acceptors (Lipinski definition) is 3. The van der Waals surface area contributed by atoms with Crippen LogP contribution in [0.2, 0.25) is 0 Å². The van der Waals surface area contributed by atoms with Gasteiger partial charge in [-0.05, 0) is 37.6 Å². The largest absolute Gasteiger partial charge is 0.391 e. The highest BCUT2D eigenvalue weighted by molar-refractivity contribution is 5.98. The zero-order valence-electron chi connectivity index (χ0n) is 14.5. The maximum atomic E-state index is 12.5. The van der Waals surface area contributed by atoms with Crippen LogP contribution in [0.5, 0.6) is 0 Å². The number of fused-ring (bicyclic) bond motifs is 1. The fourth-order valence-electron chi connectivity index (χ4n) is 2.89. The number of pyridine rings is 1. The van der Waals surface area contributed by atoms with E-state index >= 15 is 0 Å². The van der Waals surface area contributed by atoms with Crippen molar-refractivity contribution in [3.8, 4) is 0 Å². The fourth-order valence-corrected chi connectivity index (χ4v) is 2.89. The Labute approximate surface area is 147 Å². The van der Waals surface area contributed by atoms with E-state index < -0.39 is 6.10 Å². The summed E-state index contributed by atoms with van der Waals surface area (Å²) < 4.78 is 0. The lowest BCUT2D eigenvalue weighted by Gasteiger charge is -2.13. The Morgan fingerprint density at radius 2 is 1.88 bits per heavy atom. The standard InChI is InChI=1S/C21H22N2O2/c1-14-8-9-20-17(10-14)12-19(15(2)23-20)21(25)22-13-18(24)11-16-6-4-3-5-7-16/h3-10,12,18,24H,11,13H2,1-2H3,(H,22,25). The summed E-state index contributed by atoms with van der Waals surface area (Å²) in [5.41, 5.74) is 4.28. The van der Waals surface area contributed by atoms with E-state index in [2.05, 4.69) is 10.3 Å². The molecular weight excluding hydrogens is 312 g/mol. The van der Waals surface area contributed by atoms with Gasteiger partial charge in [0.2, 0.25) is 0 Å². The molecule has 25 heavy (non-hydrogen) atoms. The summed E-state index contributed by atoms with van der Waals surface area (Å²) in [4.78, 5) is 17.0. The number of carbonyl (C=O) groups is 1. The first-order valence-corrected chi connectivity index (χ1v) is 8.41. The number of benzene rings is 2. The highest BCUT2D eigenvalue weighted by Gasteiger charge is 2.13. The smallest absolute Gasteiger partial charge is 0.253 e. The molecule has 2 aromatic carbocycles. The molecule has 3 aromatic rings. The molecule has 1 atom stereocenters. The molecule has 1 aromatic heterocycles. The Bertz CT molecular complexity index is 891. The van der Waals surface area contributed by atoms with Gasteiger partial charge >= 0.3 is 0 Å². The number of aliphatic hydroxyl groups excluding tert-OH is 1. The van der Waals surface area contributed by atoms with Crippen LogP contribution in [0.15, 0.2) is 54.6 Å². The van der Waals surface area contributed by atoms with Gasteiger partial charge in [-0.1, -0.05) is 42.0 Å². The number of aromatic nitrogens is 1. The van der Waals surface area contributed by atoms with Crippen LogP contribution in [0.25, 0.3) is 10.9 Å². The number of hydrogen-bond donors (Lipinski definition) is 2. The average Bonchev–Trinajstić information content (AvgIpc) is 2.60. The minimum absolute atomic E-state index is 0.207. The van der Waals surface area contributed by atoms with Crippen molar-refractivity contribution in [2.24, 2.45) is 0 Å². The molecular formula is C21H22N2O2. The average molecular weight is 334 g/mol. The monoisotopic (exact) mass is 334 g/mol. The van der Waals surface area contributed by atoms with Gasteiger partial charge in [0.1, 0.15) is 0 Å². The number of nitrogens with one attached hydrogen (secondary N) is 1. The van der Waals surface area contributed by atoms with Crippen LogP contribution < -0.4 is 5.32 Å². The Morgan fingerprint density at radius 3 is 2.64 bits per heavy atom. The third-order valence-corrected chi connectivity index (χ3v) is 4.22. The molecule has 3 rings (SSSR count). The molecule has 0 spiro atoms. The lowest BCUT2D eigenvalue weighted by molar-refractivity contribution is 0.0915. The minimum atomic E-state index is -0.623. The number of carbonyl (C=O) groups excluding carboxylic acids is 1. The van der Waals surface area contributed by atoms with Crippen LogP contribution in [0, 0.1) is 13.8 Å². The molecule has 0 saturated heterocycles. The van der Waals surface area contributed by atoms with E-state index in [1.165, 1.54) is 0 Å². The van der Waals surface area contributed by atoms with Crippen molar-refractivity contribution in [3.05, 3.63) is 77.0 Å². The third kappa shape index (κ3) is 4.22. The van der Waals surface area contributed by atoms with Crippen LogP contribution in [0.3, 0.4) is 0 Å². The molecule has 1 unspecified atom stereocenters. The Morgan fingerprint density at radius 1 is 1.12 bits per heavy atom. The van der Waals surface area contributed by atoms with Crippen LogP contribution >= 0.6 is 0 Å². The van der Waals surface area contributed by atoms with Gasteiger partial charge in [0.05, 0.1) is 22.9 Å². The second-order valence-corrected chi connectivity index (χ2v) is 6.37. The molecule has 0 radical (unpaired) electrons. The summed E-state index contributed by atoms with van der Waals surface area (Å²) in [6.07, 6.45) is -0.114. The van der Waals surface area contributed by atoms with Gasteiger partial charge in [0.25, 0.3) is 5.91 Å². The molecule has 0 bridgehead atoms. The van der Waals surface area contributed by atoms with E-state index in [-0.39, 0.29) is 12.5 Å². The van der Waals surface area contributed by atoms with Gasteiger partial charge in [-0.3, -0.25) is 9.78 Å². The first kappa shape index (κ1) is 17.1. The van der Waals surface area contributed by atoms with Crippen molar-refractivity contribution in [1.29, 1.82) is 0 Å². The van der Waals surface area contributed by atoms with Crippen LogP contribution in [0.4, 0.5) is 0 Å². The number of rotatable bonds is 5. The van der Waals surface area contributed by atoms with E-state index in [4.69, 9.17) is 0 Å². The van der Waals surface area contributed by atoms with E-state index in [0.717, 1.165) is 22.0 Å². The van der Waals surface area contributed by atoms with Gasteiger partial charge in [-0.15, -0.1) is 0 Å². The van der Waals surface area contributed by atoms with Gasteiger partial charge < -0.3 is 10.4 Å². The molecule has 0 aliphatic rings. The molecule has 2 N–H and O–H groups in total. The SMILES string of the molecule is Cc1ccc2nc(C)c(C(=O)NCC(O)Cc3ccccc3)cc2c1. The third-order valence-electron chi connectivity index (χ3n) is 4.22. The summed E-state index contributed by atoms with van der Waals surface area (Å²) in [7, 11) is 0. The zero-order valence-corrected chi connectivity index (χ0v) is 14.5. The molecule has 0 saturated carbocycles. The second kappa shape index (κ2) is 7.45. The van der Waals surface area contributed by atoms with Gasteiger partial charge in [0.15, 0.2) is 0 Å². The maximum absolute atomic E-state index is 12.5. The van der Waals surface area contributed by atoms with E-state index in [1.807, 2.05) is 68.4 Å². The molecule has 0 aliphatic carbocycles. The molecule has 1 heterocycles. The van der Waals surface area contributed by atoms with Crippen molar-refractivity contribution >= 4 is 16.8 Å². The number of aliphatic hydroxyl groups is 1. The normalized spacial score (nSPS) is 12.1. The number of amides is 1. The lowest BCUT2D eigenvalue weighted by atomic mass is 10.1.